The molecule has 1 saturated heterocycles. The van der Waals surface area contributed by atoms with Crippen LogP contribution >= 0.6 is 0 Å². The van der Waals surface area contributed by atoms with Crippen LogP contribution in [-0.4, -0.2) is 72.7 Å². The maximum Gasteiger partial charge on any atom is 0.323 e. The van der Waals surface area contributed by atoms with Crippen LogP contribution in [0.25, 0.3) is 0 Å². The molecule has 0 aromatic heterocycles. The van der Waals surface area contributed by atoms with Gasteiger partial charge in [-0.15, -0.1) is 0 Å². The largest absolute Gasteiger partial charge is 0.480 e. The average molecular weight is 299 g/mol. The fraction of sp³-hybridized carbons (Fsp3) is 0.938. The Morgan fingerprint density at radius 1 is 1.38 bits per heavy atom. The molecular weight excluding hydrogens is 266 g/mol. The van der Waals surface area contributed by atoms with E-state index < -0.39 is 11.5 Å². The lowest BCUT2D eigenvalue weighted by atomic mass is 9.94. The fourth-order valence-corrected chi connectivity index (χ4v) is 3.12. The van der Waals surface area contributed by atoms with Crippen molar-refractivity contribution in [1.82, 2.24) is 15.1 Å². The Balaban J connectivity index is 2.25. The smallest absolute Gasteiger partial charge is 0.323 e. The fourth-order valence-electron chi connectivity index (χ4n) is 3.12. The monoisotopic (exact) mass is 299 g/mol. The number of rotatable bonds is 9. The van der Waals surface area contributed by atoms with Crippen LogP contribution < -0.4 is 5.32 Å². The van der Waals surface area contributed by atoms with Gasteiger partial charge in [-0.25, -0.2) is 0 Å². The minimum absolute atomic E-state index is 0.692. The number of hydrogen-bond donors (Lipinski definition) is 2. The summed E-state index contributed by atoms with van der Waals surface area (Å²) in [6.45, 7) is 7.88. The molecule has 1 fully saturated rings. The third-order valence-corrected chi connectivity index (χ3v) is 4.79. The molecule has 1 atom stereocenters. The highest BCUT2D eigenvalue weighted by atomic mass is 16.4. The van der Waals surface area contributed by atoms with Crippen molar-refractivity contribution in [2.24, 2.45) is 0 Å². The molecule has 0 aliphatic carbocycles. The molecule has 0 aromatic rings. The quantitative estimate of drug-likeness (QED) is 0.634. The van der Waals surface area contributed by atoms with Crippen molar-refractivity contribution in [2.45, 2.75) is 57.5 Å². The molecule has 1 rings (SSSR count). The van der Waals surface area contributed by atoms with Crippen LogP contribution in [-0.2, 0) is 4.79 Å². The van der Waals surface area contributed by atoms with E-state index in [0.717, 1.165) is 19.4 Å². The van der Waals surface area contributed by atoms with Gasteiger partial charge in [-0.2, -0.15) is 0 Å². The van der Waals surface area contributed by atoms with E-state index in [4.69, 9.17) is 0 Å². The number of nitrogens with zero attached hydrogens (tertiary/aromatic N) is 2. The lowest BCUT2D eigenvalue weighted by Gasteiger charge is -2.35. The van der Waals surface area contributed by atoms with Crippen molar-refractivity contribution in [3.05, 3.63) is 0 Å². The zero-order chi connectivity index (χ0) is 15.9. The molecular formula is C16H33N3O2. The van der Waals surface area contributed by atoms with E-state index in [2.05, 4.69) is 29.2 Å². The molecule has 5 nitrogen and oxygen atoms in total. The van der Waals surface area contributed by atoms with Gasteiger partial charge in [-0.05, 0) is 79.3 Å². The zero-order valence-corrected chi connectivity index (χ0v) is 14.2. The Morgan fingerprint density at radius 2 is 2.00 bits per heavy atom. The van der Waals surface area contributed by atoms with Crippen LogP contribution in [0.3, 0.4) is 0 Å². The second-order valence-electron chi connectivity index (χ2n) is 6.64. The van der Waals surface area contributed by atoms with Gasteiger partial charge in [0.1, 0.15) is 5.54 Å². The van der Waals surface area contributed by atoms with Gasteiger partial charge in [-0.3, -0.25) is 4.79 Å². The summed E-state index contributed by atoms with van der Waals surface area (Å²) in [5.74, 6) is -0.743. The highest BCUT2D eigenvalue weighted by Gasteiger charge is 2.31. The second kappa shape index (κ2) is 8.71. The van der Waals surface area contributed by atoms with Gasteiger partial charge in [0.05, 0.1) is 0 Å². The van der Waals surface area contributed by atoms with Gasteiger partial charge >= 0.3 is 5.97 Å². The minimum atomic E-state index is -0.777. The Hall–Kier alpha value is -0.650. The number of carboxylic acid groups (broad SMARTS) is 1. The Labute approximate surface area is 129 Å². The average Bonchev–Trinajstić information content (AvgIpc) is 2.44. The van der Waals surface area contributed by atoms with E-state index in [1.54, 1.807) is 6.92 Å². The third-order valence-electron chi connectivity index (χ3n) is 4.79. The van der Waals surface area contributed by atoms with E-state index in [1.165, 1.54) is 25.9 Å². The van der Waals surface area contributed by atoms with E-state index >= 15 is 0 Å². The van der Waals surface area contributed by atoms with E-state index in [1.807, 2.05) is 6.92 Å². The van der Waals surface area contributed by atoms with Crippen LogP contribution in [0.5, 0.6) is 0 Å². The van der Waals surface area contributed by atoms with Crippen molar-refractivity contribution in [2.75, 3.05) is 40.3 Å². The summed E-state index contributed by atoms with van der Waals surface area (Å²) in [5, 5.41) is 12.4. The van der Waals surface area contributed by atoms with Crippen molar-refractivity contribution in [3.8, 4) is 0 Å². The summed E-state index contributed by atoms with van der Waals surface area (Å²) in [7, 11) is 4.39. The lowest BCUT2D eigenvalue weighted by molar-refractivity contribution is -0.144. The van der Waals surface area contributed by atoms with Gasteiger partial charge in [0.25, 0.3) is 0 Å². The van der Waals surface area contributed by atoms with Crippen LogP contribution in [0.2, 0.25) is 0 Å². The first-order valence-corrected chi connectivity index (χ1v) is 8.26. The molecule has 2 N–H and O–H groups in total. The number of likely N-dealkylation sites (tertiary alicyclic amines) is 1. The number of hydrogen-bond acceptors (Lipinski definition) is 4. The van der Waals surface area contributed by atoms with E-state index in [9.17, 15) is 9.90 Å². The van der Waals surface area contributed by atoms with Crippen molar-refractivity contribution in [1.29, 1.82) is 0 Å². The normalized spacial score (nSPS) is 20.6. The van der Waals surface area contributed by atoms with E-state index in [0.29, 0.717) is 19.0 Å². The molecule has 1 aliphatic heterocycles. The highest BCUT2D eigenvalue weighted by molar-refractivity contribution is 5.78. The van der Waals surface area contributed by atoms with E-state index in [-0.39, 0.29) is 0 Å². The molecule has 0 saturated carbocycles. The van der Waals surface area contributed by atoms with Gasteiger partial charge < -0.3 is 20.2 Å². The standard InChI is InChI=1S/C16H33N3O2/c1-5-17-16(2,15(20)21)10-6-7-11-19(4)14-8-12-18(3)13-9-14/h14,17H,5-13H2,1-4H3,(H,20,21). The first-order chi connectivity index (χ1) is 9.89. The SMILES string of the molecule is CCNC(C)(CCCCN(C)C1CCN(C)CC1)C(=O)O. The number of nitrogens with one attached hydrogen (secondary N) is 1. The maximum absolute atomic E-state index is 11.3. The summed E-state index contributed by atoms with van der Waals surface area (Å²) in [4.78, 5) is 16.2. The molecule has 0 amide bonds. The predicted octanol–water partition coefficient (Wildman–Crippen LogP) is 1.64. The number of unbranched alkanes of at least 4 members (excludes halogenated alkanes) is 1. The zero-order valence-electron chi connectivity index (χ0n) is 14.2. The molecule has 124 valence electrons. The molecule has 0 aromatic carbocycles. The summed E-state index contributed by atoms with van der Waals surface area (Å²) in [6.07, 6.45) is 5.20. The van der Waals surface area contributed by atoms with Gasteiger partial charge in [0.15, 0.2) is 0 Å². The summed E-state index contributed by atoms with van der Waals surface area (Å²) in [5.41, 5.74) is -0.777. The van der Waals surface area contributed by atoms with Crippen LogP contribution in [0.15, 0.2) is 0 Å². The lowest BCUT2D eigenvalue weighted by Crippen LogP contribution is -2.49. The van der Waals surface area contributed by atoms with Crippen LogP contribution in [0.1, 0.15) is 46.0 Å². The molecule has 5 heteroatoms. The highest BCUT2D eigenvalue weighted by Crippen LogP contribution is 2.17. The third kappa shape index (κ3) is 5.93. The van der Waals surface area contributed by atoms with Crippen molar-refractivity contribution in [3.63, 3.8) is 0 Å². The predicted molar refractivity (Wildman–Crippen MR) is 86.7 cm³/mol. The molecule has 1 aliphatic rings. The van der Waals surface area contributed by atoms with Crippen molar-refractivity contribution >= 4 is 5.97 Å². The molecule has 1 unspecified atom stereocenters. The van der Waals surface area contributed by atoms with Gasteiger partial charge in [0, 0.05) is 6.04 Å². The summed E-state index contributed by atoms with van der Waals surface area (Å²) in [6, 6.07) is 0.695. The van der Waals surface area contributed by atoms with Crippen molar-refractivity contribution < 1.29 is 9.90 Å². The number of aliphatic carboxylic acids is 1. The molecule has 21 heavy (non-hydrogen) atoms. The number of carbonyl (C=O) groups is 1. The number of carboxylic acids is 1. The van der Waals surface area contributed by atoms with Gasteiger partial charge in [-0.1, -0.05) is 6.92 Å². The van der Waals surface area contributed by atoms with Crippen LogP contribution in [0.4, 0.5) is 0 Å². The second-order valence-corrected chi connectivity index (χ2v) is 6.64. The maximum atomic E-state index is 11.3. The molecule has 1 heterocycles. The Morgan fingerprint density at radius 3 is 2.52 bits per heavy atom. The molecule has 0 spiro atoms. The minimum Gasteiger partial charge on any atom is -0.480 e. The molecule has 0 radical (unpaired) electrons. The number of piperidine rings is 1. The Bertz CT molecular complexity index is 317. The first kappa shape index (κ1) is 18.4. The number of likely N-dealkylation sites (N-methyl/N-ethyl adjacent to an activating group) is 1. The Kier molecular flexibility index (Phi) is 7.63. The topological polar surface area (TPSA) is 55.8 Å². The summed E-state index contributed by atoms with van der Waals surface area (Å²) >= 11 is 0. The van der Waals surface area contributed by atoms with Crippen LogP contribution in [0, 0.1) is 0 Å². The first-order valence-electron chi connectivity index (χ1n) is 8.26. The molecule has 0 bridgehead atoms. The summed E-state index contributed by atoms with van der Waals surface area (Å²) < 4.78 is 0. The van der Waals surface area contributed by atoms with Gasteiger partial charge in [0.2, 0.25) is 0 Å².